The number of rotatable bonds is 4. The Kier molecular flexibility index (Phi) is 3.71. The first kappa shape index (κ1) is 13.9. The number of carbonyl (C=O) groups excluding carboxylic acids is 1. The molecule has 1 fully saturated rings. The molecule has 0 saturated carbocycles. The first-order valence-corrected chi connectivity index (χ1v) is 7.45. The van der Waals surface area contributed by atoms with E-state index in [9.17, 15) is 4.79 Å². The smallest absolute Gasteiger partial charge is 0.242 e. The Morgan fingerprint density at radius 1 is 1.55 bits per heavy atom. The fraction of sp³-hybridized carbons (Fsp3) is 0.533. The van der Waals surface area contributed by atoms with Crippen molar-refractivity contribution in [2.45, 2.75) is 37.3 Å². The van der Waals surface area contributed by atoms with E-state index in [1.807, 2.05) is 18.2 Å². The topological polar surface area (TPSA) is 64.4 Å². The van der Waals surface area contributed by atoms with Crippen LogP contribution in [0.3, 0.4) is 0 Å². The predicted octanol–water partition coefficient (Wildman–Crippen LogP) is 1.74. The number of fused-ring (bicyclic) bond motifs is 1. The molecule has 3 rings (SSSR count). The summed E-state index contributed by atoms with van der Waals surface area (Å²) >= 11 is 6.02. The third-order valence-corrected chi connectivity index (χ3v) is 4.61. The normalized spacial score (nSPS) is 28.6. The Morgan fingerprint density at radius 2 is 2.40 bits per heavy atom. The van der Waals surface area contributed by atoms with Gasteiger partial charge in [0.15, 0.2) is 0 Å². The van der Waals surface area contributed by atoms with E-state index in [-0.39, 0.29) is 12.0 Å². The van der Waals surface area contributed by atoms with E-state index in [0.29, 0.717) is 18.0 Å². The highest BCUT2D eigenvalue weighted by Gasteiger charge is 2.44. The van der Waals surface area contributed by atoms with Crippen molar-refractivity contribution in [3.05, 3.63) is 34.3 Å². The van der Waals surface area contributed by atoms with Crippen molar-refractivity contribution in [1.82, 2.24) is 5.32 Å². The fourth-order valence-electron chi connectivity index (χ4n) is 3.26. The van der Waals surface area contributed by atoms with E-state index >= 15 is 0 Å². The monoisotopic (exact) mass is 294 g/mol. The Labute approximate surface area is 123 Å². The second kappa shape index (κ2) is 5.35. The lowest BCUT2D eigenvalue weighted by Gasteiger charge is -2.29. The maximum absolute atomic E-state index is 12.1. The standard InChI is InChI=1S/C15H19ClN2O2/c16-11-3-4-13-10(8-11)5-6-15(13,14(17)19)18-9-12-2-1-7-20-12/h3-4,8,12,18H,1-2,5-7,9H2,(H2,17,19). The Hall–Kier alpha value is -1.10. The van der Waals surface area contributed by atoms with E-state index in [2.05, 4.69) is 5.32 Å². The Bertz CT molecular complexity index is 529. The van der Waals surface area contributed by atoms with Crippen molar-refractivity contribution in [2.24, 2.45) is 5.73 Å². The number of aryl methyl sites for hydroxylation is 1. The minimum Gasteiger partial charge on any atom is -0.377 e. The van der Waals surface area contributed by atoms with Gasteiger partial charge in [0.05, 0.1) is 6.10 Å². The molecule has 1 saturated heterocycles. The van der Waals surface area contributed by atoms with Crippen LogP contribution in [0.25, 0.3) is 0 Å². The minimum atomic E-state index is -0.772. The second-order valence-corrected chi connectivity index (χ2v) is 6.02. The van der Waals surface area contributed by atoms with Crippen LogP contribution in [0.2, 0.25) is 5.02 Å². The summed E-state index contributed by atoms with van der Waals surface area (Å²) in [5, 5.41) is 4.07. The van der Waals surface area contributed by atoms with Crippen LogP contribution < -0.4 is 11.1 Å². The van der Waals surface area contributed by atoms with E-state index in [1.165, 1.54) is 0 Å². The average molecular weight is 295 g/mol. The van der Waals surface area contributed by atoms with Gasteiger partial charge < -0.3 is 10.5 Å². The lowest BCUT2D eigenvalue weighted by Crippen LogP contribution is -2.53. The van der Waals surface area contributed by atoms with Gasteiger partial charge in [0.1, 0.15) is 5.54 Å². The molecule has 1 aliphatic carbocycles. The first-order chi connectivity index (χ1) is 9.62. The van der Waals surface area contributed by atoms with Gasteiger partial charge in [-0.05, 0) is 48.9 Å². The molecule has 3 N–H and O–H groups in total. The number of hydrogen-bond donors (Lipinski definition) is 2. The van der Waals surface area contributed by atoms with Crippen LogP contribution in [0.1, 0.15) is 30.4 Å². The molecule has 2 atom stereocenters. The lowest BCUT2D eigenvalue weighted by atomic mass is 9.90. The summed E-state index contributed by atoms with van der Waals surface area (Å²) in [6.45, 7) is 1.47. The van der Waals surface area contributed by atoms with Crippen LogP contribution in [0.4, 0.5) is 0 Å². The second-order valence-electron chi connectivity index (χ2n) is 5.59. The summed E-state index contributed by atoms with van der Waals surface area (Å²) in [6, 6.07) is 5.66. The quantitative estimate of drug-likeness (QED) is 0.889. The molecule has 0 aromatic heterocycles. The number of nitrogens with two attached hydrogens (primary N) is 1. The molecule has 1 aromatic carbocycles. The number of carbonyl (C=O) groups is 1. The van der Waals surface area contributed by atoms with Gasteiger partial charge in [-0.2, -0.15) is 0 Å². The molecule has 0 bridgehead atoms. The van der Waals surface area contributed by atoms with Crippen LogP contribution in [0.15, 0.2) is 18.2 Å². The van der Waals surface area contributed by atoms with Gasteiger partial charge in [-0.25, -0.2) is 0 Å². The first-order valence-electron chi connectivity index (χ1n) is 7.07. The molecule has 1 aliphatic heterocycles. The molecule has 4 nitrogen and oxygen atoms in total. The summed E-state index contributed by atoms with van der Waals surface area (Å²) in [5.74, 6) is -0.323. The number of hydrogen-bond acceptors (Lipinski definition) is 3. The van der Waals surface area contributed by atoms with Gasteiger partial charge in [0, 0.05) is 18.2 Å². The van der Waals surface area contributed by atoms with Crippen molar-refractivity contribution in [3.63, 3.8) is 0 Å². The van der Waals surface area contributed by atoms with E-state index < -0.39 is 5.54 Å². The Morgan fingerprint density at radius 3 is 3.10 bits per heavy atom. The summed E-state index contributed by atoms with van der Waals surface area (Å²) in [7, 11) is 0. The van der Waals surface area contributed by atoms with Crippen LogP contribution in [0.5, 0.6) is 0 Å². The van der Waals surface area contributed by atoms with Gasteiger partial charge >= 0.3 is 0 Å². The largest absolute Gasteiger partial charge is 0.377 e. The molecule has 0 radical (unpaired) electrons. The van der Waals surface area contributed by atoms with Crippen molar-refractivity contribution in [3.8, 4) is 0 Å². The summed E-state index contributed by atoms with van der Waals surface area (Å²) in [5.41, 5.74) is 7.00. The molecular formula is C15H19ClN2O2. The number of nitrogens with one attached hydrogen (secondary N) is 1. The number of ether oxygens (including phenoxy) is 1. The number of halogens is 1. The maximum Gasteiger partial charge on any atom is 0.242 e. The third-order valence-electron chi connectivity index (χ3n) is 4.37. The lowest BCUT2D eigenvalue weighted by molar-refractivity contribution is -0.125. The SMILES string of the molecule is NC(=O)C1(NCC2CCCO2)CCc2cc(Cl)ccc21. The maximum atomic E-state index is 12.1. The molecule has 2 aliphatic rings. The molecular weight excluding hydrogens is 276 g/mol. The summed E-state index contributed by atoms with van der Waals surface area (Å²) in [4.78, 5) is 12.1. The van der Waals surface area contributed by atoms with Crippen LogP contribution in [-0.4, -0.2) is 25.2 Å². The predicted molar refractivity (Wildman–Crippen MR) is 77.6 cm³/mol. The zero-order valence-electron chi connectivity index (χ0n) is 11.3. The van der Waals surface area contributed by atoms with E-state index in [0.717, 1.165) is 37.0 Å². The zero-order valence-corrected chi connectivity index (χ0v) is 12.1. The highest BCUT2D eigenvalue weighted by Crippen LogP contribution is 2.38. The van der Waals surface area contributed by atoms with Crippen LogP contribution in [-0.2, 0) is 21.5 Å². The van der Waals surface area contributed by atoms with Crippen LogP contribution >= 0.6 is 11.6 Å². The van der Waals surface area contributed by atoms with Crippen molar-refractivity contribution in [1.29, 1.82) is 0 Å². The van der Waals surface area contributed by atoms with Gasteiger partial charge in [-0.15, -0.1) is 0 Å². The van der Waals surface area contributed by atoms with E-state index in [4.69, 9.17) is 22.1 Å². The van der Waals surface area contributed by atoms with Gasteiger partial charge in [0.2, 0.25) is 5.91 Å². The molecule has 20 heavy (non-hydrogen) atoms. The fourth-order valence-corrected chi connectivity index (χ4v) is 3.46. The third kappa shape index (κ3) is 2.32. The zero-order chi connectivity index (χ0) is 14.2. The van der Waals surface area contributed by atoms with Crippen molar-refractivity contribution >= 4 is 17.5 Å². The van der Waals surface area contributed by atoms with Gasteiger partial charge in [-0.3, -0.25) is 10.1 Å². The summed E-state index contributed by atoms with van der Waals surface area (Å²) in [6.07, 6.45) is 3.81. The van der Waals surface area contributed by atoms with Crippen LogP contribution in [0, 0.1) is 0 Å². The number of primary amides is 1. The summed E-state index contributed by atoms with van der Waals surface area (Å²) < 4.78 is 5.61. The number of amides is 1. The van der Waals surface area contributed by atoms with Crippen molar-refractivity contribution in [2.75, 3.05) is 13.2 Å². The molecule has 1 amide bonds. The molecule has 1 aromatic rings. The molecule has 2 unspecified atom stereocenters. The molecule has 1 heterocycles. The molecule has 0 spiro atoms. The minimum absolute atomic E-state index is 0.183. The Balaban J connectivity index is 1.85. The van der Waals surface area contributed by atoms with E-state index in [1.54, 1.807) is 0 Å². The van der Waals surface area contributed by atoms with Gasteiger partial charge in [-0.1, -0.05) is 17.7 Å². The molecule has 108 valence electrons. The van der Waals surface area contributed by atoms with Crippen molar-refractivity contribution < 1.29 is 9.53 Å². The highest BCUT2D eigenvalue weighted by atomic mass is 35.5. The highest BCUT2D eigenvalue weighted by molar-refractivity contribution is 6.30. The average Bonchev–Trinajstić information content (AvgIpc) is 3.03. The number of benzene rings is 1. The van der Waals surface area contributed by atoms with Gasteiger partial charge in [0.25, 0.3) is 0 Å². The molecule has 5 heteroatoms.